The van der Waals surface area contributed by atoms with Crippen molar-refractivity contribution in [1.82, 2.24) is 14.9 Å². The average Bonchev–Trinajstić information content (AvgIpc) is 2.62. The molecule has 0 saturated carbocycles. The summed E-state index contributed by atoms with van der Waals surface area (Å²) in [7, 11) is 1.75. The number of nitrogens with one attached hydrogen (secondary N) is 1. The summed E-state index contributed by atoms with van der Waals surface area (Å²) in [6.07, 6.45) is 2.99. The van der Waals surface area contributed by atoms with E-state index in [0.717, 1.165) is 26.1 Å². The molecule has 0 saturated heterocycles. The summed E-state index contributed by atoms with van der Waals surface area (Å²) < 4.78 is 7.66. The molecule has 1 aromatic rings. The third-order valence-corrected chi connectivity index (χ3v) is 2.97. The second kappa shape index (κ2) is 3.94. The number of ether oxygens (including phenoxy) is 1. The van der Waals surface area contributed by atoms with E-state index < -0.39 is 0 Å². The summed E-state index contributed by atoms with van der Waals surface area (Å²) in [5.41, 5.74) is 2.42. The fraction of sp³-hybridized carbons (Fsp3) is 0.727. The van der Waals surface area contributed by atoms with E-state index in [0.29, 0.717) is 0 Å². The molecule has 0 radical (unpaired) electrons. The largest absolute Gasteiger partial charge is 0.377 e. The van der Waals surface area contributed by atoms with Crippen LogP contribution in [0.1, 0.15) is 25.2 Å². The van der Waals surface area contributed by atoms with Crippen molar-refractivity contribution >= 4 is 0 Å². The fourth-order valence-electron chi connectivity index (χ4n) is 1.91. The molecule has 2 rings (SSSR count). The molecule has 1 aliphatic rings. The molecule has 0 bridgehead atoms. The number of nitrogens with zero attached hydrogens (tertiary/aromatic N) is 2. The molecule has 0 atom stereocenters. The van der Waals surface area contributed by atoms with Crippen molar-refractivity contribution in [2.24, 2.45) is 0 Å². The second-order valence-corrected chi connectivity index (χ2v) is 4.66. The first-order valence-corrected chi connectivity index (χ1v) is 5.41. The van der Waals surface area contributed by atoms with Gasteiger partial charge in [0.15, 0.2) is 0 Å². The minimum absolute atomic E-state index is 0.126. The molecule has 4 nitrogen and oxygen atoms in total. The molecule has 4 heteroatoms. The van der Waals surface area contributed by atoms with Crippen LogP contribution >= 0.6 is 0 Å². The van der Waals surface area contributed by atoms with Crippen LogP contribution in [0.2, 0.25) is 0 Å². The molecule has 0 aromatic carbocycles. The molecule has 0 spiro atoms. The maximum absolute atomic E-state index is 5.44. The summed E-state index contributed by atoms with van der Waals surface area (Å²) in [5.74, 6) is 0. The van der Waals surface area contributed by atoms with Crippen molar-refractivity contribution < 1.29 is 4.74 Å². The quantitative estimate of drug-likeness (QED) is 0.805. The Bertz CT molecular complexity index is 344. The number of imidazole rings is 1. The van der Waals surface area contributed by atoms with Gasteiger partial charge in [0.25, 0.3) is 0 Å². The van der Waals surface area contributed by atoms with Crippen LogP contribution < -0.4 is 5.32 Å². The van der Waals surface area contributed by atoms with Crippen LogP contribution in [0, 0.1) is 0 Å². The van der Waals surface area contributed by atoms with Crippen LogP contribution in [-0.4, -0.2) is 28.8 Å². The van der Waals surface area contributed by atoms with Gasteiger partial charge in [0.05, 0.1) is 24.2 Å². The molecular formula is C11H19N3O. The molecule has 2 heterocycles. The van der Waals surface area contributed by atoms with Gasteiger partial charge in [-0.25, -0.2) is 4.98 Å². The first kappa shape index (κ1) is 10.6. The number of methoxy groups -OCH3 is 1. The van der Waals surface area contributed by atoms with Crippen LogP contribution in [0.5, 0.6) is 0 Å². The zero-order valence-corrected chi connectivity index (χ0v) is 9.71. The summed E-state index contributed by atoms with van der Waals surface area (Å²) in [6, 6.07) is 0. The van der Waals surface area contributed by atoms with Gasteiger partial charge in [-0.2, -0.15) is 0 Å². The second-order valence-electron chi connectivity index (χ2n) is 4.66. The zero-order valence-electron chi connectivity index (χ0n) is 9.71. The van der Waals surface area contributed by atoms with Gasteiger partial charge in [0.2, 0.25) is 0 Å². The molecule has 1 N–H and O–H groups in total. The Hall–Kier alpha value is -0.870. The molecule has 0 amide bonds. The Kier molecular flexibility index (Phi) is 2.80. The number of fused-ring (bicyclic) bond motifs is 1. The zero-order chi connectivity index (χ0) is 10.9. The van der Waals surface area contributed by atoms with Crippen molar-refractivity contribution in [3.8, 4) is 0 Å². The number of rotatable bonds is 3. The Balaban J connectivity index is 2.19. The van der Waals surface area contributed by atoms with Gasteiger partial charge in [-0.05, 0) is 13.8 Å². The van der Waals surface area contributed by atoms with Crippen molar-refractivity contribution in [2.75, 3.05) is 13.7 Å². The number of hydrogen-bond acceptors (Lipinski definition) is 3. The van der Waals surface area contributed by atoms with Crippen molar-refractivity contribution in [2.45, 2.75) is 39.0 Å². The summed E-state index contributed by atoms with van der Waals surface area (Å²) in [4.78, 5) is 4.42. The highest BCUT2D eigenvalue weighted by Crippen LogP contribution is 2.17. The molecule has 0 unspecified atom stereocenters. The number of aromatic nitrogens is 2. The molecular weight excluding hydrogens is 190 g/mol. The Morgan fingerprint density at radius 2 is 2.40 bits per heavy atom. The van der Waals surface area contributed by atoms with Crippen LogP contribution in [-0.2, 0) is 24.2 Å². The van der Waals surface area contributed by atoms with Gasteiger partial charge in [-0.15, -0.1) is 0 Å². The fourth-order valence-corrected chi connectivity index (χ4v) is 1.91. The monoisotopic (exact) mass is 209 g/mol. The standard InChI is InChI=1S/C11H19N3O/c1-11(2,15-3)7-14-8-13-9-6-12-5-4-10(9)14/h8,12H,4-7H2,1-3H3. The van der Waals surface area contributed by atoms with Gasteiger partial charge < -0.3 is 14.6 Å². The predicted molar refractivity (Wildman–Crippen MR) is 58.7 cm³/mol. The van der Waals surface area contributed by atoms with Gasteiger partial charge in [0.1, 0.15) is 0 Å². The molecule has 15 heavy (non-hydrogen) atoms. The third-order valence-electron chi connectivity index (χ3n) is 2.97. The van der Waals surface area contributed by atoms with E-state index in [-0.39, 0.29) is 5.60 Å². The summed E-state index contributed by atoms with van der Waals surface area (Å²) in [5, 5.41) is 3.32. The molecule has 0 aliphatic carbocycles. The highest BCUT2D eigenvalue weighted by atomic mass is 16.5. The van der Waals surface area contributed by atoms with Crippen molar-refractivity contribution in [3.05, 3.63) is 17.7 Å². The Morgan fingerprint density at radius 3 is 3.13 bits per heavy atom. The smallest absolute Gasteiger partial charge is 0.0953 e. The SMILES string of the molecule is COC(C)(C)Cn1cnc2c1CCNC2. The van der Waals surface area contributed by atoms with Gasteiger partial charge in [-0.1, -0.05) is 0 Å². The summed E-state index contributed by atoms with van der Waals surface area (Å²) >= 11 is 0. The van der Waals surface area contributed by atoms with Crippen LogP contribution in [0.4, 0.5) is 0 Å². The lowest BCUT2D eigenvalue weighted by Crippen LogP contribution is -2.31. The van der Waals surface area contributed by atoms with E-state index in [1.54, 1.807) is 7.11 Å². The average molecular weight is 209 g/mol. The third kappa shape index (κ3) is 2.21. The number of hydrogen-bond donors (Lipinski definition) is 1. The van der Waals surface area contributed by atoms with E-state index in [4.69, 9.17) is 4.74 Å². The van der Waals surface area contributed by atoms with E-state index in [1.807, 2.05) is 6.33 Å². The lowest BCUT2D eigenvalue weighted by molar-refractivity contribution is 0.00752. The highest BCUT2D eigenvalue weighted by molar-refractivity contribution is 5.16. The van der Waals surface area contributed by atoms with Gasteiger partial charge >= 0.3 is 0 Å². The highest BCUT2D eigenvalue weighted by Gasteiger charge is 2.21. The van der Waals surface area contributed by atoms with E-state index in [1.165, 1.54) is 11.4 Å². The molecule has 0 fully saturated rings. The van der Waals surface area contributed by atoms with Crippen molar-refractivity contribution in [3.63, 3.8) is 0 Å². The van der Waals surface area contributed by atoms with Gasteiger partial charge in [0, 0.05) is 32.3 Å². The summed E-state index contributed by atoms with van der Waals surface area (Å²) in [6.45, 7) is 7.01. The minimum atomic E-state index is -0.126. The van der Waals surface area contributed by atoms with Crippen molar-refractivity contribution in [1.29, 1.82) is 0 Å². The normalized spacial score (nSPS) is 16.5. The molecule has 1 aromatic heterocycles. The van der Waals surface area contributed by atoms with Crippen LogP contribution in [0.3, 0.4) is 0 Å². The van der Waals surface area contributed by atoms with E-state index in [9.17, 15) is 0 Å². The predicted octanol–water partition coefficient (Wildman–Crippen LogP) is 0.954. The molecule has 84 valence electrons. The minimum Gasteiger partial charge on any atom is -0.377 e. The van der Waals surface area contributed by atoms with E-state index in [2.05, 4.69) is 28.7 Å². The van der Waals surface area contributed by atoms with Gasteiger partial charge in [-0.3, -0.25) is 0 Å². The van der Waals surface area contributed by atoms with E-state index >= 15 is 0 Å². The molecule has 1 aliphatic heterocycles. The lowest BCUT2D eigenvalue weighted by Gasteiger charge is -2.25. The maximum atomic E-state index is 5.44. The van der Waals surface area contributed by atoms with Crippen LogP contribution in [0.15, 0.2) is 6.33 Å². The first-order chi connectivity index (χ1) is 7.12. The van der Waals surface area contributed by atoms with Crippen LogP contribution in [0.25, 0.3) is 0 Å². The Morgan fingerprint density at radius 1 is 1.60 bits per heavy atom. The first-order valence-electron chi connectivity index (χ1n) is 5.41. The maximum Gasteiger partial charge on any atom is 0.0953 e. The Labute approximate surface area is 90.6 Å². The topological polar surface area (TPSA) is 39.1 Å². The lowest BCUT2D eigenvalue weighted by atomic mass is 10.1.